The highest BCUT2D eigenvalue weighted by atomic mass is 32.2. The van der Waals surface area contributed by atoms with Crippen molar-refractivity contribution in [1.29, 1.82) is 0 Å². The third-order valence-corrected chi connectivity index (χ3v) is 10.9. The van der Waals surface area contributed by atoms with Gasteiger partial charge in [-0.25, -0.2) is 0 Å². The van der Waals surface area contributed by atoms with Gasteiger partial charge in [0, 0.05) is 11.8 Å². The maximum absolute atomic E-state index is 13.8. The Labute approximate surface area is 218 Å². The Morgan fingerprint density at radius 1 is 1.18 bits per heavy atom. The van der Waals surface area contributed by atoms with Crippen LogP contribution in [-0.4, -0.2) is 43.8 Å². The summed E-state index contributed by atoms with van der Waals surface area (Å²) in [5.74, 6) is 0.404. The molecule has 1 aromatic heterocycles. The van der Waals surface area contributed by atoms with Gasteiger partial charge in [0.2, 0.25) is 6.29 Å². The lowest BCUT2D eigenvalue weighted by molar-refractivity contribution is -0.188. The first-order valence-corrected chi connectivity index (χ1v) is 14.4. The van der Waals surface area contributed by atoms with E-state index in [9.17, 15) is 31.2 Å². The van der Waals surface area contributed by atoms with Gasteiger partial charge in [-0.2, -0.15) is 21.6 Å². The van der Waals surface area contributed by atoms with E-state index in [1.165, 1.54) is 11.8 Å². The average molecular weight is 559 g/mol. The number of ether oxygens (including phenoxy) is 2. The zero-order chi connectivity index (χ0) is 27.1. The smallest absolute Gasteiger partial charge is 0.464 e. The fourth-order valence-electron chi connectivity index (χ4n) is 8.29. The molecular formula is C26H29F3O8S. The molecule has 3 saturated carbocycles. The Morgan fingerprint density at radius 2 is 1.97 bits per heavy atom. The van der Waals surface area contributed by atoms with Crippen LogP contribution in [0.3, 0.4) is 0 Å². The predicted octanol–water partition coefficient (Wildman–Crippen LogP) is 4.62. The molecular weight excluding hydrogens is 529 g/mol. The van der Waals surface area contributed by atoms with Gasteiger partial charge in [-0.05, 0) is 80.4 Å². The van der Waals surface area contributed by atoms with Crippen molar-refractivity contribution in [2.75, 3.05) is 6.61 Å². The molecule has 38 heavy (non-hydrogen) atoms. The fourth-order valence-corrected chi connectivity index (χ4v) is 8.68. The number of Topliss-reactive ketones (excluding diaryl/α,β-unsaturated/α-hetero) is 1. The number of furan rings is 1. The summed E-state index contributed by atoms with van der Waals surface area (Å²) in [4.78, 5) is 25.8. The maximum atomic E-state index is 13.8. The number of alkyl halides is 3. The summed E-state index contributed by atoms with van der Waals surface area (Å²) in [6.07, 6.45) is 6.04. The molecule has 12 heteroatoms. The van der Waals surface area contributed by atoms with E-state index < -0.39 is 51.4 Å². The SMILES string of the molecule is C[C@]12CC[C@H]3[C@@H](CCC4=CC(=O)CC[C@@H]43)[C@@H]1C[C@H]1O[C@H](c3ccco3)O[C@]12C(=O)COS(=O)(=O)C(F)(F)F. The summed E-state index contributed by atoms with van der Waals surface area (Å²) in [6, 6.07) is 3.24. The number of hydrogen-bond donors (Lipinski definition) is 0. The highest BCUT2D eigenvalue weighted by Crippen LogP contribution is 2.69. The monoisotopic (exact) mass is 558 g/mol. The van der Waals surface area contributed by atoms with E-state index in [1.54, 1.807) is 18.2 Å². The summed E-state index contributed by atoms with van der Waals surface area (Å²) in [5, 5.41) is 0. The van der Waals surface area contributed by atoms with E-state index in [4.69, 9.17) is 13.9 Å². The molecule has 0 amide bonds. The topological polar surface area (TPSA) is 109 Å². The van der Waals surface area contributed by atoms with Crippen molar-refractivity contribution in [3.05, 3.63) is 35.8 Å². The molecule has 4 aliphatic carbocycles. The van der Waals surface area contributed by atoms with Crippen LogP contribution < -0.4 is 0 Å². The summed E-state index contributed by atoms with van der Waals surface area (Å²) in [7, 11) is -5.97. The van der Waals surface area contributed by atoms with Crippen molar-refractivity contribution in [2.24, 2.45) is 29.1 Å². The lowest BCUT2D eigenvalue weighted by atomic mass is 9.50. The summed E-state index contributed by atoms with van der Waals surface area (Å²) in [6.45, 7) is 0.605. The van der Waals surface area contributed by atoms with E-state index in [2.05, 4.69) is 4.18 Å². The second-order valence-corrected chi connectivity index (χ2v) is 13.0. The second-order valence-electron chi connectivity index (χ2n) is 11.4. The van der Waals surface area contributed by atoms with Gasteiger partial charge in [0.1, 0.15) is 6.61 Å². The zero-order valence-electron chi connectivity index (χ0n) is 20.7. The van der Waals surface area contributed by atoms with Gasteiger partial charge in [-0.15, -0.1) is 0 Å². The lowest BCUT2D eigenvalue weighted by Gasteiger charge is -2.55. The molecule has 0 N–H and O–H groups in total. The highest BCUT2D eigenvalue weighted by Gasteiger charge is 2.74. The number of rotatable bonds is 5. The number of carbonyl (C=O) groups excluding carboxylic acids is 2. The largest absolute Gasteiger partial charge is 0.523 e. The number of ketones is 2. The van der Waals surface area contributed by atoms with E-state index in [0.29, 0.717) is 36.9 Å². The molecule has 1 aliphatic heterocycles. The normalized spacial score (nSPS) is 40.6. The highest BCUT2D eigenvalue weighted by molar-refractivity contribution is 7.87. The molecule has 4 fully saturated rings. The molecule has 208 valence electrons. The van der Waals surface area contributed by atoms with E-state index >= 15 is 0 Å². The van der Waals surface area contributed by atoms with Crippen molar-refractivity contribution in [3.63, 3.8) is 0 Å². The van der Waals surface area contributed by atoms with Crippen LogP contribution in [0.2, 0.25) is 0 Å². The van der Waals surface area contributed by atoms with Crippen molar-refractivity contribution < 1.29 is 49.3 Å². The molecule has 0 spiro atoms. The van der Waals surface area contributed by atoms with Gasteiger partial charge in [0.25, 0.3) is 0 Å². The summed E-state index contributed by atoms with van der Waals surface area (Å²) >= 11 is 0. The van der Waals surface area contributed by atoms with Crippen LogP contribution in [0.5, 0.6) is 0 Å². The number of allylic oxidation sites excluding steroid dienone is 1. The molecule has 0 radical (unpaired) electrons. The Morgan fingerprint density at radius 3 is 2.68 bits per heavy atom. The zero-order valence-corrected chi connectivity index (χ0v) is 21.6. The van der Waals surface area contributed by atoms with Gasteiger partial charge in [-0.1, -0.05) is 12.5 Å². The minimum absolute atomic E-state index is 0.0360. The third kappa shape index (κ3) is 3.70. The number of hydrogen-bond acceptors (Lipinski definition) is 8. The predicted molar refractivity (Wildman–Crippen MR) is 124 cm³/mol. The quantitative estimate of drug-likeness (QED) is 0.381. The van der Waals surface area contributed by atoms with Crippen LogP contribution in [0, 0.1) is 29.1 Å². The van der Waals surface area contributed by atoms with Crippen LogP contribution in [-0.2, 0) is 33.4 Å². The van der Waals surface area contributed by atoms with Crippen molar-refractivity contribution in [3.8, 4) is 0 Å². The Hall–Kier alpha value is -2.02. The Balaban J connectivity index is 1.33. The summed E-state index contributed by atoms with van der Waals surface area (Å²) < 4.78 is 84.2. The lowest BCUT2D eigenvalue weighted by Crippen LogP contribution is -2.60. The second kappa shape index (κ2) is 8.74. The van der Waals surface area contributed by atoms with Gasteiger partial charge < -0.3 is 13.9 Å². The molecule has 1 saturated heterocycles. The van der Waals surface area contributed by atoms with Crippen LogP contribution in [0.1, 0.15) is 63.9 Å². The van der Waals surface area contributed by atoms with Crippen molar-refractivity contribution in [2.45, 2.75) is 75.4 Å². The molecule has 8 nitrogen and oxygen atoms in total. The summed E-state index contributed by atoms with van der Waals surface area (Å²) in [5.41, 5.74) is -6.97. The van der Waals surface area contributed by atoms with Crippen LogP contribution in [0.25, 0.3) is 0 Å². The maximum Gasteiger partial charge on any atom is 0.523 e. The minimum Gasteiger partial charge on any atom is -0.464 e. The minimum atomic E-state index is -5.97. The first-order chi connectivity index (χ1) is 17.9. The molecule has 8 atom stereocenters. The van der Waals surface area contributed by atoms with Crippen LogP contribution in [0.15, 0.2) is 34.5 Å². The number of carbonyl (C=O) groups is 2. The van der Waals surface area contributed by atoms with Gasteiger partial charge >= 0.3 is 15.6 Å². The molecule has 1 aromatic rings. The third-order valence-electron chi connectivity index (χ3n) is 9.86. The van der Waals surface area contributed by atoms with Crippen molar-refractivity contribution >= 4 is 21.7 Å². The first-order valence-electron chi connectivity index (χ1n) is 13.0. The van der Waals surface area contributed by atoms with E-state index in [0.717, 1.165) is 25.7 Å². The molecule has 0 bridgehead atoms. The molecule has 5 aliphatic rings. The van der Waals surface area contributed by atoms with Crippen LogP contribution >= 0.6 is 0 Å². The van der Waals surface area contributed by atoms with Gasteiger partial charge in [0.15, 0.2) is 22.9 Å². The fraction of sp³-hybridized carbons (Fsp3) is 0.692. The van der Waals surface area contributed by atoms with Gasteiger partial charge in [-0.3, -0.25) is 13.8 Å². The average Bonchev–Trinajstić information content (AvgIpc) is 3.56. The van der Waals surface area contributed by atoms with E-state index in [-0.39, 0.29) is 17.6 Å². The van der Waals surface area contributed by atoms with Crippen LogP contribution in [0.4, 0.5) is 13.2 Å². The molecule has 6 rings (SSSR count). The number of halogens is 3. The standard InChI is InChI=1S/C26H29F3O8S/c1-24-9-8-17-16-7-5-15(30)11-14(16)4-6-18(17)19(24)12-22-25(24,37-23(36-22)20-3-2-10-34-20)21(31)13-35-38(32,33)26(27,28)29/h2-3,10-11,16-19,22-23H,4-9,12-13H2,1H3/t16-,17+,18+,19-,22+,23-,24-,25+/m0/s1. The number of fused-ring (bicyclic) bond motifs is 7. The van der Waals surface area contributed by atoms with E-state index in [1.807, 2.05) is 6.92 Å². The molecule has 0 unspecified atom stereocenters. The molecule has 0 aromatic carbocycles. The van der Waals surface area contributed by atoms with Crippen molar-refractivity contribution in [1.82, 2.24) is 0 Å². The Kier molecular flexibility index (Phi) is 6.03. The van der Waals surface area contributed by atoms with Gasteiger partial charge in [0.05, 0.1) is 12.4 Å². The Bertz CT molecular complexity index is 1270. The first kappa shape index (κ1) is 26.2. The molecule has 2 heterocycles.